The van der Waals surface area contributed by atoms with E-state index in [9.17, 15) is 0 Å². The van der Waals surface area contributed by atoms with Gasteiger partial charge in [0.2, 0.25) is 0 Å². The van der Waals surface area contributed by atoms with Crippen LogP contribution < -0.4 is 5.32 Å². The number of anilines is 1. The highest BCUT2D eigenvalue weighted by molar-refractivity contribution is 8.00. The molecule has 1 unspecified atom stereocenters. The summed E-state index contributed by atoms with van der Waals surface area (Å²) in [7, 11) is 0. The van der Waals surface area contributed by atoms with E-state index < -0.39 is 0 Å². The molecular weight excluding hydrogens is 250 g/mol. The summed E-state index contributed by atoms with van der Waals surface area (Å²) in [5.41, 5.74) is 1.26. The summed E-state index contributed by atoms with van der Waals surface area (Å²) in [6.45, 7) is 6.82. The molecule has 0 spiro atoms. The summed E-state index contributed by atoms with van der Waals surface area (Å²) < 4.78 is 0. The summed E-state index contributed by atoms with van der Waals surface area (Å²) in [6, 6.07) is 9.61. The fourth-order valence-corrected chi connectivity index (χ4v) is 4.03. The van der Waals surface area contributed by atoms with Crippen molar-refractivity contribution in [3.05, 3.63) is 24.3 Å². The minimum absolute atomic E-state index is 0.577. The lowest BCUT2D eigenvalue weighted by atomic mass is 10.0. The Morgan fingerprint density at radius 1 is 1.16 bits per heavy atom. The van der Waals surface area contributed by atoms with Gasteiger partial charge in [0, 0.05) is 21.9 Å². The van der Waals surface area contributed by atoms with Gasteiger partial charge in [-0.3, -0.25) is 0 Å². The van der Waals surface area contributed by atoms with Crippen LogP contribution in [0.25, 0.3) is 0 Å². The van der Waals surface area contributed by atoms with Gasteiger partial charge in [-0.15, -0.1) is 11.8 Å². The van der Waals surface area contributed by atoms with Gasteiger partial charge in [0.1, 0.15) is 0 Å². The highest BCUT2D eigenvalue weighted by Gasteiger charge is 2.16. The lowest BCUT2D eigenvalue weighted by Crippen LogP contribution is -2.24. The molecule has 1 atom stereocenters. The van der Waals surface area contributed by atoms with Gasteiger partial charge in [0.05, 0.1) is 0 Å². The highest BCUT2D eigenvalue weighted by Crippen LogP contribution is 2.35. The van der Waals surface area contributed by atoms with Crippen LogP contribution >= 0.6 is 11.8 Å². The second-order valence-corrected chi connectivity index (χ2v) is 7.33. The summed E-state index contributed by atoms with van der Waals surface area (Å²) in [5.74, 6) is 0.678. The summed E-state index contributed by atoms with van der Waals surface area (Å²) in [4.78, 5) is 1.43. The maximum absolute atomic E-state index is 3.64. The molecule has 0 aromatic heterocycles. The summed E-state index contributed by atoms with van der Waals surface area (Å²) in [5, 5.41) is 4.50. The molecular formula is C17H27NS. The maximum Gasteiger partial charge on any atom is 0.0343 e. The number of nitrogens with one attached hydrogen (secondary N) is 1. The first-order valence-corrected chi connectivity index (χ1v) is 8.60. The molecule has 1 saturated carbocycles. The van der Waals surface area contributed by atoms with Crippen LogP contribution in [0.2, 0.25) is 0 Å². The third-order valence-corrected chi connectivity index (χ3v) is 5.40. The zero-order valence-corrected chi connectivity index (χ0v) is 13.3. The van der Waals surface area contributed by atoms with Crippen molar-refractivity contribution < 1.29 is 0 Å². The van der Waals surface area contributed by atoms with Crippen LogP contribution in [0, 0.1) is 5.92 Å². The summed E-state index contributed by atoms with van der Waals surface area (Å²) in [6.07, 6.45) is 6.82. The van der Waals surface area contributed by atoms with Crippen molar-refractivity contribution in [3.8, 4) is 0 Å². The molecule has 1 N–H and O–H groups in total. The van der Waals surface area contributed by atoms with Gasteiger partial charge in [-0.05, 0) is 49.4 Å². The Balaban J connectivity index is 1.90. The van der Waals surface area contributed by atoms with E-state index in [0.29, 0.717) is 12.0 Å². The fourth-order valence-electron chi connectivity index (χ4n) is 2.78. The van der Waals surface area contributed by atoms with Gasteiger partial charge < -0.3 is 5.32 Å². The Morgan fingerprint density at radius 3 is 2.32 bits per heavy atom. The van der Waals surface area contributed by atoms with Crippen LogP contribution in [-0.2, 0) is 0 Å². The lowest BCUT2D eigenvalue weighted by Gasteiger charge is -2.22. The van der Waals surface area contributed by atoms with Crippen LogP contribution in [0.4, 0.5) is 5.69 Å². The van der Waals surface area contributed by atoms with Gasteiger partial charge in [-0.25, -0.2) is 0 Å². The maximum atomic E-state index is 3.64. The second-order valence-electron chi connectivity index (χ2n) is 5.95. The van der Waals surface area contributed by atoms with Crippen molar-refractivity contribution in [2.24, 2.45) is 5.92 Å². The van der Waals surface area contributed by atoms with Crippen LogP contribution in [0.15, 0.2) is 29.2 Å². The highest BCUT2D eigenvalue weighted by atomic mass is 32.2. The van der Waals surface area contributed by atoms with Gasteiger partial charge >= 0.3 is 0 Å². The van der Waals surface area contributed by atoms with E-state index in [4.69, 9.17) is 0 Å². The third-order valence-electron chi connectivity index (χ3n) is 4.06. The number of hydrogen-bond donors (Lipinski definition) is 1. The Morgan fingerprint density at radius 2 is 1.79 bits per heavy atom. The van der Waals surface area contributed by atoms with Crippen molar-refractivity contribution >= 4 is 17.4 Å². The first kappa shape index (κ1) is 14.8. The molecule has 0 saturated heterocycles. The molecule has 0 aliphatic heterocycles. The predicted molar refractivity (Wildman–Crippen MR) is 87.1 cm³/mol. The molecule has 1 aliphatic carbocycles. The van der Waals surface area contributed by atoms with Crippen molar-refractivity contribution in [3.63, 3.8) is 0 Å². The average molecular weight is 277 g/mol. The van der Waals surface area contributed by atoms with E-state index in [1.807, 2.05) is 0 Å². The Kier molecular flexibility index (Phi) is 5.62. The Hall–Kier alpha value is -0.630. The second kappa shape index (κ2) is 7.23. The molecule has 106 valence electrons. The molecule has 2 rings (SSSR count). The van der Waals surface area contributed by atoms with Gasteiger partial charge in [-0.2, -0.15) is 0 Å². The van der Waals surface area contributed by atoms with Crippen molar-refractivity contribution in [2.75, 3.05) is 5.32 Å². The molecule has 1 aromatic rings. The molecule has 1 aliphatic rings. The largest absolute Gasteiger partial charge is 0.382 e. The van der Waals surface area contributed by atoms with E-state index >= 15 is 0 Å². The van der Waals surface area contributed by atoms with Gasteiger partial charge in [0.25, 0.3) is 0 Å². The zero-order valence-electron chi connectivity index (χ0n) is 12.5. The van der Waals surface area contributed by atoms with E-state index in [2.05, 4.69) is 62.1 Å². The molecule has 1 aromatic carbocycles. The van der Waals surface area contributed by atoms with Crippen LogP contribution in [-0.4, -0.2) is 11.3 Å². The van der Waals surface area contributed by atoms with Gasteiger partial charge in [0.15, 0.2) is 0 Å². The van der Waals surface area contributed by atoms with Gasteiger partial charge in [-0.1, -0.05) is 33.6 Å². The quantitative estimate of drug-likeness (QED) is 0.729. The predicted octanol–water partition coefficient (Wildman–Crippen LogP) is 5.57. The first-order chi connectivity index (χ1) is 9.19. The minimum atomic E-state index is 0.577. The van der Waals surface area contributed by atoms with E-state index in [0.717, 1.165) is 5.25 Å². The molecule has 1 fully saturated rings. The number of benzene rings is 1. The van der Waals surface area contributed by atoms with Crippen molar-refractivity contribution in [1.82, 2.24) is 0 Å². The number of thioether (sulfide) groups is 1. The topological polar surface area (TPSA) is 12.0 Å². The van der Waals surface area contributed by atoms with Crippen molar-refractivity contribution in [2.45, 2.75) is 69.1 Å². The average Bonchev–Trinajstić information content (AvgIpc) is 2.90. The third kappa shape index (κ3) is 4.45. The normalized spacial score (nSPS) is 17.9. The van der Waals surface area contributed by atoms with Crippen molar-refractivity contribution in [1.29, 1.82) is 0 Å². The lowest BCUT2D eigenvalue weighted by molar-refractivity contribution is 0.511. The van der Waals surface area contributed by atoms with Crippen LogP contribution in [0.3, 0.4) is 0 Å². The molecule has 0 heterocycles. The number of rotatable bonds is 6. The standard InChI is InChI=1S/C17H27NS/c1-4-17(13(2)3)18-14-9-11-16(12-10-14)19-15-7-5-6-8-15/h9-13,15,17-18H,4-8H2,1-3H3. The Bertz CT molecular complexity index is 365. The molecule has 2 heteroatoms. The molecule has 0 radical (unpaired) electrons. The van der Waals surface area contributed by atoms with E-state index in [1.54, 1.807) is 0 Å². The van der Waals surface area contributed by atoms with Crippen LogP contribution in [0.5, 0.6) is 0 Å². The minimum Gasteiger partial charge on any atom is -0.382 e. The van der Waals surface area contributed by atoms with E-state index in [-0.39, 0.29) is 0 Å². The first-order valence-electron chi connectivity index (χ1n) is 7.72. The zero-order chi connectivity index (χ0) is 13.7. The van der Waals surface area contributed by atoms with Crippen LogP contribution in [0.1, 0.15) is 52.9 Å². The fraction of sp³-hybridized carbons (Fsp3) is 0.647. The number of hydrogen-bond acceptors (Lipinski definition) is 2. The molecule has 0 amide bonds. The van der Waals surface area contributed by atoms with E-state index in [1.165, 1.54) is 42.7 Å². The summed E-state index contributed by atoms with van der Waals surface area (Å²) >= 11 is 2.06. The SMILES string of the molecule is CCC(Nc1ccc(SC2CCCC2)cc1)C(C)C. The smallest absolute Gasteiger partial charge is 0.0343 e. The molecule has 1 nitrogen and oxygen atoms in total. The molecule has 0 bridgehead atoms. The molecule has 19 heavy (non-hydrogen) atoms. The Labute approximate surface area is 122 Å². The monoisotopic (exact) mass is 277 g/mol.